The molecule has 0 unspecified atom stereocenters. The molecule has 0 aliphatic carbocycles. The highest BCUT2D eigenvalue weighted by Gasteiger charge is 2.17. The van der Waals surface area contributed by atoms with Crippen LogP contribution in [0.25, 0.3) is 16.7 Å². The summed E-state index contributed by atoms with van der Waals surface area (Å²) in [5.74, 6) is -1.96. The van der Waals surface area contributed by atoms with Crippen molar-refractivity contribution < 1.29 is 23.0 Å². The van der Waals surface area contributed by atoms with Gasteiger partial charge in [0.1, 0.15) is 0 Å². The molecule has 0 aromatic heterocycles. The fourth-order valence-electron chi connectivity index (χ4n) is 3.21. The molecule has 0 heterocycles. The van der Waals surface area contributed by atoms with Gasteiger partial charge < -0.3 is 11.1 Å². The Balaban J connectivity index is 1.84. The second kappa shape index (κ2) is 9.23. The number of anilines is 2. The molecule has 0 saturated carbocycles. The number of hydrogen-bond donors (Lipinski definition) is 5. The van der Waals surface area contributed by atoms with E-state index in [-0.39, 0.29) is 16.3 Å². The molecule has 170 valence electrons. The molecule has 33 heavy (non-hydrogen) atoms. The highest BCUT2D eigenvalue weighted by Crippen LogP contribution is 2.28. The van der Waals surface area contributed by atoms with Crippen molar-refractivity contribution in [3.8, 4) is 11.1 Å². The lowest BCUT2D eigenvalue weighted by Gasteiger charge is -2.10. The van der Waals surface area contributed by atoms with E-state index in [1.54, 1.807) is 36.4 Å². The maximum atomic E-state index is 14.8. The number of primary sulfonamides is 1. The Morgan fingerprint density at radius 3 is 2.27 bits per heavy atom. The van der Waals surface area contributed by atoms with Crippen molar-refractivity contribution in [2.24, 2.45) is 10.9 Å². The van der Waals surface area contributed by atoms with Crippen LogP contribution in [0.5, 0.6) is 0 Å². The number of nitrogen functional groups attached to an aromatic ring is 1. The molecule has 1 amide bonds. The summed E-state index contributed by atoms with van der Waals surface area (Å²) in [6.07, 6.45) is 0. The van der Waals surface area contributed by atoms with Crippen molar-refractivity contribution in [1.29, 1.82) is 0 Å². The maximum absolute atomic E-state index is 14.8. The topological polar surface area (TPSA) is 167 Å². The molecule has 10 heteroatoms. The zero-order valence-corrected chi connectivity index (χ0v) is 18.5. The molecule has 0 aliphatic heterocycles. The number of amides is 1. The summed E-state index contributed by atoms with van der Waals surface area (Å²) in [7, 11) is -3.92. The average Bonchev–Trinajstić information content (AvgIpc) is 2.78. The van der Waals surface area contributed by atoms with E-state index in [4.69, 9.17) is 22.0 Å². The van der Waals surface area contributed by atoms with Gasteiger partial charge in [-0.2, -0.15) is 0 Å². The second-order valence-corrected chi connectivity index (χ2v) is 8.80. The van der Waals surface area contributed by atoms with Gasteiger partial charge in [0.2, 0.25) is 10.0 Å². The van der Waals surface area contributed by atoms with Gasteiger partial charge in [-0.25, -0.2) is 17.9 Å². The quantitative estimate of drug-likeness (QED) is 0.159. The van der Waals surface area contributed by atoms with Gasteiger partial charge in [-0.3, -0.25) is 15.9 Å². The molecule has 3 rings (SSSR count). The summed E-state index contributed by atoms with van der Waals surface area (Å²) in [4.78, 5) is 12.4. The predicted molar refractivity (Wildman–Crippen MR) is 127 cm³/mol. The molecule has 9 N–H and O–H groups in total. The van der Waals surface area contributed by atoms with Crippen molar-refractivity contribution in [2.45, 2.75) is 11.8 Å². The van der Waals surface area contributed by atoms with Gasteiger partial charge in [0.05, 0.1) is 10.5 Å². The van der Waals surface area contributed by atoms with Gasteiger partial charge in [-0.15, -0.1) is 0 Å². The summed E-state index contributed by atoms with van der Waals surface area (Å²) in [6.45, 7) is 1.45. The molecule has 0 spiro atoms. The van der Waals surface area contributed by atoms with E-state index in [1.165, 1.54) is 37.3 Å². The van der Waals surface area contributed by atoms with E-state index in [0.717, 1.165) is 0 Å². The van der Waals surface area contributed by atoms with E-state index >= 15 is 0 Å². The van der Waals surface area contributed by atoms with Crippen molar-refractivity contribution in [3.05, 3.63) is 83.7 Å². The molecule has 3 aromatic carbocycles. The fraction of sp³-hybridized carbons (Fsp3) is 0.0435. The lowest BCUT2D eigenvalue weighted by atomic mass is 10.0. The Kier molecular flexibility index (Phi) is 6.61. The number of allylic oxidation sites excluding steroid dienone is 1. The van der Waals surface area contributed by atoms with E-state index in [2.05, 4.69) is 5.32 Å². The molecular weight excluding hydrogens is 445 g/mol. The third kappa shape index (κ3) is 5.25. The number of rotatable bonds is 6. The number of benzene rings is 3. The minimum absolute atomic E-state index is 0.0175. The standard InChI is InChI=1S/C23H22FN5O3S/c1-13(15-8-11-19(25)18(12-15)22(26)27)21(24)23(30)29-16-9-6-14(7-10-16)17-4-2-3-5-20(17)33(28,31)32/h2-12H,25H2,1H3,(H3,26,27)(H,29,30)(H2,28,31,32)/p+1/b21-13+. The molecule has 0 radical (unpaired) electrons. The van der Waals surface area contributed by atoms with Crippen LogP contribution in [0.15, 0.2) is 77.5 Å². The zero-order valence-electron chi connectivity index (χ0n) is 17.7. The Hall–Kier alpha value is -4.02. The van der Waals surface area contributed by atoms with Crippen molar-refractivity contribution >= 4 is 38.7 Å². The molecule has 0 fully saturated rings. The number of amidine groups is 1. The van der Waals surface area contributed by atoms with Gasteiger partial charge in [-0.05, 0) is 54.0 Å². The summed E-state index contributed by atoms with van der Waals surface area (Å²) in [5, 5.41) is 13.3. The van der Waals surface area contributed by atoms with E-state index in [9.17, 15) is 17.6 Å². The Labute approximate surface area is 190 Å². The number of carbonyl (C=O) groups excluding carboxylic acids is 1. The number of nitrogens with two attached hydrogens (primary N) is 4. The van der Waals surface area contributed by atoms with Crippen molar-refractivity contribution in [2.75, 3.05) is 11.1 Å². The summed E-state index contributed by atoms with van der Waals surface area (Å²) in [6, 6.07) is 17.1. The van der Waals surface area contributed by atoms with Gasteiger partial charge in [-0.1, -0.05) is 36.4 Å². The monoisotopic (exact) mass is 468 g/mol. The lowest BCUT2D eigenvalue weighted by molar-refractivity contribution is -0.114. The smallest absolute Gasteiger partial charge is 0.284 e. The third-order valence-corrected chi connectivity index (χ3v) is 5.94. The Morgan fingerprint density at radius 1 is 1.03 bits per heavy atom. The number of carbonyl (C=O) groups is 1. The number of hydrogen-bond acceptors (Lipinski definition) is 4. The van der Waals surface area contributed by atoms with Gasteiger partial charge in [0.15, 0.2) is 5.83 Å². The predicted octanol–water partition coefficient (Wildman–Crippen LogP) is 1.39. The van der Waals surface area contributed by atoms with Crippen LogP contribution in [0.1, 0.15) is 18.1 Å². The minimum atomic E-state index is -3.92. The molecule has 0 aliphatic rings. The molecule has 0 atom stereocenters. The summed E-state index contributed by atoms with van der Waals surface area (Å²) < 4.78 is 38.5. The number of halogens is 1. The lowest BCUT2D eigenvalue weighted by Crippen LogP contribution is -2.46. The largest absolute Gasteiger partial charge is 0.398 e. The first kappa shape index (κ1) is 23.6. The highest BCUT2D eigenvalue weighted by molar-refractivity contribution is 7.89. The van der Waals surface area contributed by atoms with E-state index in [0.29, 0.717) is 33.6 Å². The van der Waals surface area contributed by atoms with Gasteiger partial charge >= 0.3 is 0 Å². The van der Waals surface area contributed by atoms with Gasteiger partial charge in [0.25, 0.3) is 11.7 Å². The minimum Gasteiger partial charge on any atom is -0.398 e. The van der Waals surface area contributed by atoms with Crippen LogP contribution in [0.4, 0.5) is 15.8 Å². The third-order valence-electron chi connectivity index (χ3n) is 4.97. The van der Waals surface area contributed by atoms with Crippen molar-refractivity contribution in [3.63, 3.8) is 0 Å². The van der Waals surface area contributed by atoms with Crippen molar-refractivity contribution in [1.82, 2.24) is 0 Å². The van der Waals surface area contributed by atoms with Crippen LogP contribution in [-0.4, -0.2) is 20.2 Å². The van der Waals surface area contributed by atoms with Gasteiger partial charge in [0, 0.05) is 16.9 Å². The average molecular weight is 469 g/mol. The normalized spacial score (nSPS) is 12.1. The van der Waals surface area contributed by atoms with Crippen LogP contribution in [0.3, 0.4) is 0 Å². The van der Waals surface area contributed by atoms with Crippen LogP contribution in [-0.2, 0) is 14.8 Å². The SMILES string of the molecule is C/C(=C(\F)C(=O)Nc1ccc(-c2ccccc2S(N)(=O)=O)cc1)c1ccc(N)c(C(N)=[NH2+])c1. The van der Waals surface area contributed by atoms with Crippen LogP contribution in [0.2, 0.25) is 0 Å². The van der Waals surface area contributed by atoms with Crippen LogP contribution >= 0.6 is 0 Å². The number of nitrogens with one attached hydrogen (secondary N) is 1. The second-order valence-electron chi connectivity index (χ2n) is 7.27. The molecule has 8 nitrogen and oxygen atoms in total. The molecule has 3 aromatic rings. The van der Waals surface area contributed by atoms with Crippen LogP contribution < -0.4 is 27.3 Å². The highest BCUT2D eigenvalue weighted by atomic mass is 32.2. The first-order valence-corrected chi connectivity index (χ1v) is 11.2. The first-order valence-electron chi connectivity index (χ1n) is 9.67. The Bertz CT molecular complexity index is 1380. The summed E-state index contributed by atoms with van der Waals surface area (Å²) in [5.41, 5.74) is 13.9. The fourth-order valence-corrected chi connectivity index (χ4v) is 3.97. The molecule has 0 saturated heterocycles. The summed E-state index contributed by atoms with van der Waals surface area (Å²) >= 11 is 0. The molecular formula is C23H23FN5O3S+. The zero-order chi connectivity index (χ0) is 24.3. The molecule has 0 bridgehead atoms. The van der Waals surface area contributed by atoms with Crippen LogP contribution in [0, 0.1) is 0 Å². The maximum Gasteiger partial charge on any atom is 0.284 e. The van der Waals surface area contributed by atoms with E-state index in [1.807, 2.05) is 0 Å². The first-order chi connectivity index (χ1) is 15.5. The number of sulfonamides is 1. The van der Waals surface area contributed by atoms with E-state index < -0.39 is 21.8 Å². The Morgan fingerprint density at radius 2 is 1.67 bits per heavy atom.